The minimum Gasteiger partial charge on any atom is -0.478 e. The number of hydrogen-bond acceptors (Lipinski definition) is 12. The number of aryl methyl sites for hydroxylation is 1. The van der Waals surface area contributed by atoms with Crippen LogP contribution in [0, 0.1) is 6.92 Å². The molecule has 0 saturated carbocycles. The van der Waals surface area contributed by atoms with Gasteiger partial charge in [-0.3, -0.25) is 4.98 Å². The summed E-state index contributed by atoms with van der Waals surface area (Å²) in [6.45, 7) is 3.55. The highest BCUT2D eigenvalue weighted by Gasteiger charge is 2.18. The minimum absolute atomic E-state index is 0.0261. The Morgan fingerprint density at radius 3 is 2.60 bits per heavy atom. The fourth-order valence-corrected chi connectivity index (χ4v) is 4.14. The molecular weight excluding hydrogens is 589 g/mol. The maximum absolute atomic E-state index is 11.8. The van der Waals surface area contributed by atoms with Crippen LogP contribution in [-0.2, 0) is 16.0 Å². The van der Waals surface area contributed by atoms with Gasteiger partial charge in [-0.15, -0.1) is 0 Å². The van der Waals surface area contributed by atoms with E-state index in [0.29, 0.717) is 82.5 Å². The second-order valence-electron chi connectivity index (χ2n) is 8.67. The molecule has 0 bridgehead atoms. The van der Waals surface area contributed by atoms with Crippen molar-refractivity contribution in [2.75, 3.05) is 55.5 Å². The van der Waals surface area contributed by atoms with Gasteiger partial charge in [-0.05, 0) is 31.2 Å². The molecule has 42 heavy (non-hydrogen) atoms. The molecule has 4 aromatic rings. The predicted octanol–water partition coefficient (Wildman–Crippen LogP) is 4.63. The molecule has 0 aliphatic rings. The molecule has 5 N–H and O–H groups in total. The van der Waals surface area contributed by atoms with Gasteiger partial charge >= 0.3 is 5.97 Å². The molecule has 0 aliphatic carbocycles. The second-order valence-corrected chi connectivity index (χ2v) is 9.51. The summed E-state index contributed by atoms with van der Waals surface area (Å²) in [5.41, 5.74) is 1.32. The van der Waals surface area contributed by atoms with Crippen molar-refractivity contribution in [3.63, 3.8) is 0 Å². The number of aliphatic hydroxyl groups excluding tert-OH is 1. The molecule has 15 heteroatoms. The van der Waals surface area contributed by atoms with Crippen molar-refractivity contribution < 1.29 is 28.9 Å². The van der Waals surface area contributed by atoms with Crippen LogP contribution in [0.15, 0.2) is 47.3 Å². The Hall–Kier alpha value is -4.01. The number of carboxylic acid groups (broad SMARTS) is 1. The van der Waals surface area contributed by atoms with Gasteiger partial charge in [-0.25, -0.2) is 19.7 Å². The quantitative estimate of drug-likeness (QED) is 0.110. The summed E-state index contributed by atoms with van der Waals surface area (Å²) in [7, 11) is 0. The normalized spacial score (nSPS) is 11.0. The number of pyridine rings is 1. The Labute approximate surface area is 251 Å². The van der Waals surface area contributed by atoms with Crippen molar-refractivity contribution in [3.8, 4) is 11.3 Å². The van der Waals surface area contributed by atoms with E-state index in [1.807, 2.05) is 0 Å². The SMILES string of the molecule is Cc1nc(NCCOCCOCCO)c(NCc2ncc(-c3cc(Cl)ccc3Cl)o2)c(Nc2ccncc2C(=O)O)n1. The van der Waals surface area contributed by atoms with Gasteiger partial charge < -0.3 is 40.1 Å². The fraction of sp³-hybridized carbons (Fsp3) is 0.296. The third kappa shape index (κ3) is 8.50. The van der Waals surface area contributed by atoms with Gasteiger partial charge in [0.15, 0.2) is 17.4 Å². The van der Waals surface area contributed by atoms with Crippen LogP contribution in [0.5, 0.6) is 0 Å². The lowest BCUT2D eigenvalue weighted by atomic mass is 10.2. The number of rotatable bonds is 16. The number of ether oxygens (including phenoxy) is 2. The number of aromatic carboxylic acids is 1. The number of aliphatic hydroxyl groups is 1. The van der Waals surface area contributed by atoms with Crippen LogP contribution in [0.4, 0.5) is 23.0 Å². The minimum atomic E-state index is -1.14. The van der Waals surface area contributed by atoms with Gasteiger partial charge in [0.25, 0.3) is 0 Å². The molecule has 222 valence electrons. The molecule has 3 aromatic heterocycles. The third-order valence-corrected chi connectivity index (χ3v) is 6.20. The van der Waals surface area contributed by atoms with Crippen molar-refractivity contribution in [3.05, 3.63) is 70.2 Å². The van der Waals surface area contributed by atoms with Gasteiger partial charge in [0.05, 0.1) is 56.5 Å². The lowest BCUT2D eigenvalue weighted by molar-refractivity contribution is 0.0361. The standard InChI is InChI=1S/C27H29Cl2N7O6/c1-16-34-25(31-6-8-40-10-11-41-9-7-37)24(26(35-16)36-21-4-5-30-13-19(21)27(38)39)33-15-23-32-14-22(42-23)18-12-17(28)2-3-20(18)29/h2-5,12-14,33,37H,6-11,15H2,1H3,(H,38,39)(H2,30,31,34,35,36). The van der Waals surface area contributed by atoms with Gasteiger partial charge in [-0.2, -0.15) is 0 Å². The summed E-state index contributed by atoms with van der Waals surface area (Å²) in [4.78, 5) is 29.1. The molecule has 0 aliphatic heterocycles. The van der Waals surface area contributed by atoms with E-state index in [4.69, 9.17) is 42.2 Å². The van der Waals surface area contributed by atoms with Gasteiger partial charge in [0.1, 0.15) is 17.1 Å². The molecular formula is C27H29Cl2N7O6. The average molecular weight is 618 g/mol. The zero-order valence-electron chi connectivity index (χ0n) is 22.6. The monoisotopic (exact) mass is 617 g/mol. The Morgan fingerprint density at radius 2 is 1.81 bits per heavy atom. The van der Waals surface area contributed by atoms with Crippen LogP contribution in [0.25, 0.3) is 11.3 Å². The molecule has 0 unspecified atom stereocenters. The number of nitrogens with one attached hydrogen (secondary N) is 3. The lowest BCUT2D eigenvalue weighted by Crippen LogP contribution is -2.17. The van der Waals surface area contributed by atoms with E-state index in [0.717, 1.165) is 0 Å². The number of carboxylic acids is 1. The number of aromatic nitrogens is 4. The van der Waals surface area contributed by atoms with Crippen molar-refractivity contribution in [1.29, 1.82) is 0 Å². The van der Waals surface area contributed by atoms with Gasteiger partial charge in [0, 0.05) is 29.5 Å². The fourth-order valence-electron chi connectivity index (χ4n) is 3.75. The molecule has 0 atom stereocenters. The van der Waals surface area contributed by atoms with Crippen LogP contribution < -0.4 is 16.0 Å². The maximum atomic E-state index is 11.8. The van der Waals surface area contributed by atoms with E-state index in [-0.39, 0.29) is 25.3 Å². The number of anilines is 4. The molecule has 13 nitrogen and oxygen atoms in total. The van der Waals surface area contributed by atoms with Crippen molar-refractivity contribution in [2.24, 2.45) is 0 Å². The van der Waals surface area contributed by atoms with Crippen LogP contribution in [0.3, 0.4) is 0 Å². The highest BCUT2D eigenvalue weighted by atomic mass is 35.5. The van der Waals surface area contributed by atoms with E-state index in [9.17, 15) is 9.90 Å². The summed E-state index contributed by atoms with van der Waals surface area (Å²) in [5, 5.41) is 28.9. The first-order chi connectivity index (χ1) is 20.4. The topological polar surface area (TPSA) is 177 Å². The maximum Gasteiger partial charge on any atom is 0.339 e. The molecule has 0 fully saturated rings. The van der Waals surface area contributed by atoms with E-state index in [1.54, 1.807) is 37.4 Å². The second kappa shape index (κ2) is 15.3. The predicted molar refractivity (Wildman–Crippen MR) is 158 cm³/mol. The summed E-state index contributed by atoms with van der Waals surface area (Å²) in [6, 6.07) is 6.59. The first-order valence-electron chi connectivity index (χ1n) is 12.8. The van der Waals surface area contributed by atoms with E-state index in [1.165, 1.54) is 12.4 Å². The molecule has 1 aromatic carbocycles. The summed E-state index contributed by atoms with van der Waals surface area (Å²) in [6.07, 6.45) is 4.28. The van der Waals surface area contributed by atoms with E-state index in [2.05, 4.69) is 35.9 Å². The lowest BCUT2D eigenvalue weighted by Gasteiger charge is -2.18. The van der Waals surface area contributed by atoms with Crippen LogP contribution >= 0.6 is 23.2 Å². The molecule has 3 heterocycles. The van der Waals surface area contributed by atoms with E-state index < -0.39 is 5.97 Å². The number of carbonyl (C=O) groups is 1. The first-order valence-corrected chi connectivity index (χ1v) is 13.6. The molecule has 4 rings (SSSR count). The Balaban J connectivity index is 1.55. The number of benzene rings is 1. The van der Waals surface area contributed by atoms with Crippen LogP contribution in [-0.4, -0.2) is 75.7 Å². The third-order valence-electron chi connectivity index (χ3n) is 5.64. The zero-order chi connectivity index (χ0) is 29.9. The number of halogens is 2. The Kier molecular flexibility index (Phi) is 11.3. The average Bonchev–Trinajstić information content (AvgIpc) is 3.44. The van der Waals surface area contributed by atoms with Crippen LogP contribution in [0.1, 0.15) is 22.1 Å². The Bertz CT molecular complexity index is 1500. The summed E-state index contributed by atoms with van der Waals surface area (Å²) < 4.78 is 16.7. The van der Waals surface area contributed by atoms with Gasteiger partial charge in [-0.1, -0.05) is 23.2 Å². The van der Waals surface area contributed by atoms with Crippen molar-refractivity contribution in [2.45, 2.75) is 13.5 Å². The summed E-state index contributed by atoms with van der Waals surface area (Å²) in [5.74, 6) is 0.849. The molecule has 0 amide bonds. The highest BCUT2D eigenvalue weighted by molar-refractivity contribution is 6.35. The number of oxazole rings is 1. The van der Waals surface area contributed by atoms with Crippen molar-refractivity contribution in [1.82, 2.24) is 19.9 Å². The Morgan fingerprint density at radius 1 is 1.02 bits per heavy atom. The van der Waals surface area contributed by atoms with Crippen LogP contribution in [0.2, 0.25) is 10.0 Å². The van der Waals surface area contributed by atoms with Crippen molar-refractivity contribution >= 4 is 52.2 Å². The molecule has 0 radical (unpaired) electrons. The largest absolute Gasteiger partial charge is 0.478 e. The number of hydrogen-bond donors (Lipinski definition) is 5. The van der Waals surface area contributed by atoms with E-state index >= 15 is 0 Å². The first kappa shape index (κ1) is 30.9. The van der Waals surface area contributed by atoms with Gasteiger partial charge in [0.2, 0.25) is 5.89 Å². The zero-order valence-corrected chi connectivity index (χ0v) is 24.1. The molecule has 0 saturated heterocycles. The number of nitrogens with zero attached hydrogens (tertiary/aromatic N) is 4. The summed E-state index contributed by atoms with van der Waals surface area (Å²) >= 11 is 12.4. The highest BCUT2D eigenvalue weighted by Crippen LogP contribution is 2.33. The smallest absolute Gasteiger partial charge is 0.339 e. The molecule has 0 spiro atoms.